The van der Waals surface area contributed by atoms with Crippen LogP contribution in [-0.2, 0) is 16.4 Å². The highest BCUT2D eigenvalue weighted by Gasteiger charge is 2.27. The van der Waals surface area contributed by atoms with Gasteiger partial charge in [0, 0.05) is 35.4 Å². The largest absolute Gasteiger partial charge is 0.313 e. The number of hydrogen-bond donors (Lipinski definition) is 1. The third-order valence-corrected chi connectivity index (χ3v) is 5.45. The Balaban J connectivity index is 1.92. The molecule has 0 saturated carbocycles. The van der Waals surface area contributed by atoms with Gasteiger partial charge in [-0.2, -0.15) is 0 Å². The Morgan fingerprint density at radius 3 is 2.89 bits per heavy atom. The quantitative estimate of drug-likeness (QED) is 0.869. The van der Waals surface area contributed by atoms with Crippen molar-refractivity contribution < 1.29 is 8.42 Å². The number of sulfone groups is 1. The lowest BCUT2D eigenvalue weighted by Gasteiger charge is -2.12. The second-order valence-corrected chi connectivity index (χ2v) is 8.04. The summed E-state index contributed by atoms with van der Waals surface area (Å²) in [6, 6.07) is 1.81. The fourth-order valence-corrected chi connectivity index (χ4v) is 4.55. The van der Waals surface area contributed by atoms with E-state index in [4.69, 9.17) is 0 Å². The molecule has 0 aromatic carbocycles. The molecule has 19 heavy (non-hydrogen) atoms. The second kappa shape index (κ2) is 5.76. The molecule has 1 N–H and O–H groups in total. The summed E-state index contributed by atoms with van der Waals surface area (Å²) in [6.45, 7) is 2.91. The molecular formula is C12H17BrN2O3S. The summed E-state index contributed by atoms with van der Waals surface area (Å²) in [5.41, 5.74) is 0.682. The first-order valence-electron chi connectivity index (χ1n) is 6.18. The van der Waals surface area contributed by atoms with E-state index in [0.717, 1.165) is 4.47 Å². The molecule has 1 aliphatic heterocycles. The number of aryl methyl sites for hydroxylation is 1. The first-order chi connectivity index (χ1) is 8.87. The summed E-state index contributed by atoms with van der Waals surface area (Å²) in [7, 11) is -2.85. The Hall–Kier alpha value is -0.660. The van der Waals surface area contributed by atoms with E-state index in [9.17, 15) is 13.2 Å². The fraction of sp³-hybridized carbons (Fsp3) is 0.583. The Morgan fingerprint density at radius 1 is 1.53 bits per heavy atom. The highest BCUT2D eigenvalue weighted by Crippen LogP contribution is 2.11. The van der Waals surface area contributed by atoms with Crippen molar-refractivity contribution in [2.45, 2.75) is 25.9 Å². The van der Waals surface area contributed by atoms with E-state index >= 15 is 0 Å². The maximum atomic E-state index is 11.9. The van der Waals surface area contributed by atoms with Gasteiger partial charge in [-0.1, -0.05) is 0 Å². The lowest BCUT2D eigenvalue weighted by molar-refractivity contribution is 0.513. The normalized spacial score (nSPS) is 21.7. The summed E-state index contributed by atoms with van der Waals surface area (Å²) in [6.07, 6.45) is 2.41. The fourth-order valence-electron chi connectivity index (χ4n) is 2.25. The number of rotatable bonds is 4. The zero-order chi connectivity index (χ0) is 14.0. The Kier molecular flexibility index (Phi) is 4.47. The molecule has 1 aromatic rings. The minimum Gasteiger partial charge on any atom is -0.313 e. The number of nitrogens with one attached hydrogen (secondary N) is 1. The summed E-state index contributed by atoms with van der Waals surface area (Å²) in [5.74, 6) is 0.472. The molecule has 2 rings (SSSR count). The molecule has 1 aliphatic rings. The average Bonchev–Trinajstić information content (AvgIpc) is 2.65. The minimum absolute atomic E-state index is 0.0101. The van der Waals surface area contributed by atoms with Crippen LogP contribution in [0, 0.1) is 6.92 Å². The molecule has 0 aliphatic carbocycles. The number of pyridine rings is 1. The molecule has 0 amide bonds. The molecule has 0 bridgehead atoms. The van der Waals surface area contributed by atoms with Crippen LogP contribution in [0.4, 0.5) is 0 Å². The minimum atomic E-state index is -2.85. The molecule has 5 nitrogen and oxygen atoms in total. The molecule has 1 saturated heterocycles. The van der Waals surface area contributed by atoms with Crippen molar-refractivity contribution in [3.8, 4) is 0 Å². The van der Waals surface area contributed by atoms with Crippen molar-refractivity contribution in [1.29, 1.82) is 0 Å². The Bertz CT molecular complexity index is 624. The van der Waals surface area contributed by atoms with Crippen molar-refractivity contribution >= 4 is 25.8 Å². The summed E-state index contributed by atoms with van der Waals surface area (Å²) >= 11 is 3.36. The molecule has 1 atom stereocenters. The highest BCUT2D eigenvalue weighted by atomic mass is 79.9. The van der Waals surface area contributed by atoms with Gasteiger partial charge in [0.25, 0.3) is 5.56 Å². The van der Waals surface area contributed by atoms with Gasteiger partial charge < -0.3 is 9.88 Å². The van der Waals surface area contributed by atoms with Crippen molar-refractivity contribution in [2.75, 3.05) is 18.1 Å². The summed E-state index contributed by atoms with van der Waals surface area (Å²) in [4.78, 5) is 11.9. The second-order valence-electron chi connectivity index (χ2n) is 4.89. The molecule has 1 unspecified atom stereocenters. The standard InChI is InChI=1S/C12H17BrN2O3S/c1-9-6-10(13)7-15(12(9)16)4-3-14-11-2-5-19(17,18)8-11/h6-7,11,14H,2-5,8H2,1H3. The first kappa shape index (κ1) is 14.7. The predicted molar refractivity (Wildman–Crippen MR) is 78.2 cm³/mol. The summed E-state index contributed by atoms with van der Waals surface area (Å²) in [5, 5.41) is 3.20. The number of hydrogen-bond acceptors (Lipinski definition) is 4. The van der Waals surface area contributed by atoms with Crippen LogP contribution in [0.3, 0.4) is 0 Å². The average molecular weight is 349 g/mol. The molecule has 1 aromatic heterocycles. The van der Waals surface area contributed by atoms with Gasteiger partial charge in [0.15, 0.2) is 9.84 Å². The van der Waals surface area contributed by atoms with Gasteiger partial charge in [0.1, 0.15) is 0 Å². The first-order valence-corrected chi connectivity index (χ1v) is 8.79. The van der Waals surface area contributed by atoms with Crippen LogP contribution in [0.15, 0.2) is 21.5 Å². The van der Waals surface area contributed by atoms with E-state index in [1.54, 1.807) is 23.8 Å². The van der Waals surface area contributed by atoms with Gasteiger partial charge in [-0.3, -0.25) is 4.79 Å². The van der Waals surface area contributed by atoms with Gasteiger partial charge in [-0.25, -0.2) is 8.42 Å². The number of halogens is 1. The monoisotopic (exact) mass is 348 g/mol. The van der Waals surface area contributed by atoms with Crippen LogP contribution in [0.2, 0.25) is 0 Å². The summed E-state index contributed by atoms with van der Waals surface area (Å²) < 4.78 is 25.1. The van der Waals surface area contributed by atoms with E-state index < -0.39 is 9.84 Å². The lowest BCUT2D eigenvalue weighted by Crippen LogP contribution is -2.35. The van der Waals surface area contributed by atoms with Crippen molar-refractivity contribution in [1.82, 2.24) is 9.88 Å². The van der Waals surface area contributed by atoms with Crippen LogP contribution >= 0.6 is 15.9 Å². The maximum Gasteiger partial charge on any atom is 0.253 e. The van der Waals surface area contributed by atoms with E-state index in [1.807, 2.05) is 0 Å². The molecule has 106 valence electrons. The van der Waals surface area contributed by atoms with E-state index in [0.29, 0.717) is 25.1 Å². The van der Waals surface area contributed by atoms with E-state index in [2.05, 4.69) is 21.2 Å². The molecule has 0 radical (unpaired) electrons. The van der Waals surface area contributed by atoms with E-state index in [-0.39, 0.29) is 23.1 Å². The SMILES string of the molecule is Cc1cc(Br)cn(CCNC2CCS(=O)(=O)C2)c1=O. The van der Waals surface area contributed by atoms with Crippen LogP contribution in [0.1, 0.15) is 12.0 Å². The molecule has 1 fully saturated rings. The Labute approximate surface area is 121 Å². The van der Waals surface area contributed by atoms with Gasteiger partial charge in [0.05, 0.1) is 11.5 Å². The highest BCUT2D eigenvalue weighted by molar-refractivity contribution is 9.10. The van der Waals surface area contributed by atoms with Crippen molar-refractivity contribution in [2.24, 2.45) is 0 Å². The van der Waals surface area contributed by atoms with Crippen LogP contribution in [0.25, 0.3) is 0 Å². The molecule has 2 heterocycles. The topological polar surface area (TPSA) is 68.2 Å². The molecule has 0 spiro atoms. The molecule has 7 heteroatoms. The van der Waals surface area contributed by atoms with Crippen LogP contribution < -0.4 is 10.9 Å². The van der Waals surface area contributed by atoms with Crippen molar-refractivity contribution in [3.05, 3.63) is 32.7 Å². The van der Waals surface area contributed by atoms with Gasteiger partial charge in [-0.05, 0) is 35.3 Å². The Morgan fingerprint density at radius 2 is 2.26 bits per heavy atom. The van der Waals surface area contributed by atoms with Gasteiger partial charge in [0.2, 0.25) is 0 Å². The zero-order valence-corrected chi connectivity index (χ0v) is 13.1. The van der Waals surface area contributed by atoms with E-state index in [1.165, 1.54) is 0 Å². The third-order valence-electron chi connectivity index (χ3n) is 3.25. The number of nitrogens with zero attached hydrogens (tertiary/aromatic N) is 1. The lowest BCUT2D eigenvalue weighted by atomic mass is 10.2. The third kappa shape index (κ3) is 3.90. The van der Waals surface area contributed by atoms with Crippen LogP contribution in [0.5, 0.6) is 0 Å². The van der Waals surface area contributed by atoms with Crippen LogP contribution in [-0.4, -0.2) is 37.1 Å². The number of aromatic nitrogens is 1. The predicted octanol–water partition coefficient (Wildman–Crippen LogP) is 0.696. The van der Waals surface area contributed by atoms with Gasteiger partial charge in [-0.15, -0.1) is 0 Å². The molecular weight excluding hydrogens is 332 g/mol. The van der Waals surface area contributed by atoms with Crippen molar-refractivity contribution in [3.63, 3.8) is 0 Å². The van der Waals surface area contributed by atoms with Gasteiger partial charge >= 0.3 is 0 Å². The maximum absolute atomic E-state index is 11.9. The smallest absolute Gasteiger partial charge is 0.253 e. The zero-order valence-electron chi connectivity index (χ0n) is 10.7.